The molecule has 26 heavy (non-hydrogen) atoms. The maximum Gasteiger partial charge on any atom is 0.238 e. The molecule has 0 unspecified atom stereocenters. The van der Waals surface area contributed by atoms with E-state index in [4.69, 9.17) is 4.74 Å². The van der Waals surface area contributed by atoms with Gasteiger partial charge >= 0.3 is 0 Å². The van der Waals surface area contributed by atoms with Crippen molar-refractivity contribution in [2.75, 3.05) is 31.3 Å². The molecule has 0 fully saturated rings. The summed E-state index contributed by atoms with van der Waals surface area (Å²) in [7, 11) is 3.19. The van der Waals surface area contributed by atoms with Crippen molar-refractivity contribution < 1.29 is 18.7 Å². The summed E-state index contributed by atoms with van der Waals surface area (Å²) in [4.78, 5) is 24.9. The summed E-state index contributed by atoms with van der Waals surface area (Å²) in [5, 5.41) is 5.44. The molecule has 0 aliphatic carbocycles. The summed E-state index contributed by atoms with van der Waals surface area (Å²) in [6.07, 6.45) is 0. The molecule has 0 aromatic heterocycles. The van der Waals surface area contributed by atoms with Gasteiger partial charge in [0, 0.05) is 24.8 Å². The lowest BCUT2D eigenvalue weighted by Crippen LogP contribution is -2.29. The van der Waals surface area contributed by atoms with Crippen LogP contribution < -0.4 is 15.4 Å². The molecular weight excluding hydrogens is 337 g/mol. The van der Waals surface area contributed by atoms with Crippen LogP contribution in [0.1, 0.15) is 12.5 Å². The maximum atomic E-state index is 13.7. The largest absolute Gasteiger partial charge is 0.494 e. The molecular formula is C19H22FN3O3. The summed E-state index contributed by atoms with van der Waals surface area (Å²) >= 11 is 0. The van der Waals surface area contributed by atoms with Gasteiger partial charge in [0.25, 0.3) is 0 Å². The summed E-state index contributed by atoms with van der Waals surface area (Å²) in [6, 6.07) is 11.6. The molecule has 0 radical (unpaired) electrons. The predicted molar refractivity (Wildman–Crippen MR) is 98.7 cm³/mol. The molecule has 0 heterocycles. The fraction of sp³-hybridized carbons (Fsp3) is 0.263. The average molecular weight is 359 g/mol. The highest BCUT2D eigenvalue weighted by Gasteiger charge is 2.10. The first-order valence-corrected chi connectivity index (χ1v) is 8.06. The van der Waals surface area contributed by atoms with Crippen LogP contribution in [0.3, 0.4) is 0 Å². The zero-order valence-electron chi connectivity index (χ0n) is 15.0. The third-order valence-corrected chi connectivity index (χ3v) is 3.57. The van der Waals surface area contributed by atoms with Crippen LogP contribution in [0.25, 0.3) is 0 Å². The van der Waals surface area contributed by atoms with Crippen molar-refractivity contribution in [1.82, 2.24) is 4.90 Å². The minimum absolute atomic E-state index is 0.154. The SMILES string of the molecule is COc1ccc(CN(C)CC(=O)Nc2ccc(NC(C)=O)cc2)cc1F. The van der Waals surface area contributed by atoms with Crippen molar-refractivity contribution in [2.45, 2.75) is 13.5 Å². The van der Waals surface area contributed by atoms with E-state index in [1.807, 2.05) is 0 Å². The number of ether oxygens (including phenoxy) is 1. The Morgan fingerprint density at radius 3 is 2.23 bits per heavy atom. The van der Waals surface area contributed by atoms with Crippen LogP contribution in [0.15, 0.2) is 42.5 Å². The van der Waals surface area contributed by atoms with Crippen LogP contribution in [0.5, 0.6) is 5.75 Å². The van der Waals surface area contributed by atoms with E-state index in [-0.39, 0.29) is 24.1 Å². The topological polar surface area (TPSA) is 70.7 Å². The number of likely N-dealkylation sites (N-methyl/N-ethyl adjacent to an activating group) is 1. The van der Waals surface area contributed by atoms with Crippen LogP contribution in [0, 0.1) is 5.82 Å². The van der Waals surface area contributed by atoms with Gasteiger partial charge < -0.3 is 15.4 Å². The number of hydrogen-bond acceptors (Lipinski definition) is 4. The van der Waals surface area contributed by atoms with E-state index in [2.05, 4.69) is 10.6 Å². The first-order valence-electron chi connectivity index (χ1n) is 8.06. The lowest BCUT2D eigenvalue weighted by atomic mass is 10.2. The molecule has 0 aliphatic rings. The highest BCUT2D eigenvalue weighted by molar-refractivity contribution is 5.93. The quantitative estimate of drug-likeness (QED) is 0.798. The van der Waals surface area contributed by atoms with E-state index in [1.165, 1.54) is 20.1 Å². The van der Waals surface area contributed by atoms with E-state index in [1.54, 1.807) is 48.3 Å². The normalized spacial score (nSPS) is 10.5. The smallest absolute Gasteiger partial charge is 0.238 e. The van der Waals surface area contributed by atoms with Crippen molar-refractivity contribution >= 4 is 23.2 Å². The minimum Gasteiger partial charge on any atom is -0.494 e. The van der Waals surface area contributed by atoms with Gasteiger partial charge in [-0.15, -0.1) is 0 Å². The average Bonchev–Trinajstić information content (AvgIpc) is 2.56. The molecule has 7 heteroatoms. The Morgan fingerprint density at radius 1 is 1.08 bits per heavy atom. The number of hydrogen-bond donors (Lipinski definition) is 2. The number of nitrogens with zero attached hydrogens (tertiary/aromatic N) is 1. The summed E-state index contributed by atoms with van der Waals surface area (Å²) in [6.45, 7) is 2.01. The van der Waals surface area contributed by atoms with Crippen molar-refractivity contribution in [1.29, 1.82) is 0 Å². The van der Waals surface area contributed by atoms with Crippen molar-refractivity contribution in [3.05, 3.63) is 53.8 Å². The molecule has 0 aliphatic heterocycles. The van der Waals surface area contributed by atoms with Crippen LogP contribution in [0.4, 0.5) is 15.8 Å². The van der Waals surface area contributed by atoms with Gasteiger partial charge in [0.05, 0.1) is 13.7 Å². The molecule has 0 spiro atoms. The first-order chi connectivity index (χ1) is 12.4. The number of methoxy groups -OCH3 is 1. The van der Waals surface area contributed by atoms with Crippen LogP contribution >= 0.6 is 0 Å². The van der Waals surface area contributed by atoms with Crippen LogP contribution in [-0.4, -0.2) is 37.4 Å². The monoisotopic (exact) mass is 359 g/mol. The lowest BCUT2D eigenvalue weighted by molar-refractivity contribution is -0.117. The Balaban J connectivity index is 1.86. The van der Waals surface area contributed by atoms with E-state index in [9.17, 15) is 14.0 Å². The molecule has 2 aromatic rings. The zero-order valence-corrected chi connectivity index (χ0v) is 15.0. The molecule has 0 bridgehead atoms. The number of amides is 2. The number of halogens is 1. The maximum absolute atomic E-state index is 13.7. The highest BCUT2D eigenvalue weighted by atomic mass is 19.1. The van der Waals surface area contributed by atoms with E-state index in [0.717, 1.165) is 5.56 Å². The number of benzene rings is 2. The number of carbonyl (C=O) groups is 2. The number of rotatable bonds is 7. The molecule has 0 atom stereocenters. The second kappa shape index (κ2) is 8.96. The molecule has 6 nitrogen and oxygen atoms in total. The van der Waals surface area contributed by atoms with Crippen molar-refractivity contribution in [2.24, 2.45) is 0 Å². The Morgan fingerprint density at radius 2 is 1.69 bits per heavy atom. The van der Waals surface area contributed by atoms with Gasteiger partial charge in [-0.3, -0.25) is 14.5 Å². The molecule has 0 saturated carbocycles. The molecule has 2 rings (SSSR count). The van der Waals surface area contributed by atoms with Gasteiger partial charge in [-0.1, -0.05) is 6.07 Å². The van der Waals surface area contributed by atoms with Gasteiger partial charge in [-0.2, -0.15) is 0 Å². The fourth-order valence-corrected chi connectivity index (χ4v) is 2.46. The molecule has 2 amide bonds. The third-order valence-electron chi connectivity index (χ3n) is 3.57. The summed E-state index contributed by atoms with van der Waals surface area (Å²) in [5.74, 6) is -0.578. The van der Waals surface area contributed by atoms with Crippen molar-refractivity contribution in [3.63, 3.8) is 0 Å². The van der Waals surface area contributed by atoms with E-state index >= 15 is 0 Å². The van der Waals surface area contributed by atoms with Gasteiger partial charge in [0.1, 0.15) is 0 Å². The third kappa shape index (κ3) is 5.86. The number of carbonyl (C=O) groups excluding carboxylic acids is 2. The number of nitrogens with one attached hydrogen (secondary N) is 2. The molecule has 2 aromatic carbocycles. The van der Waals surface area contributed by atoms with Gasteiger partial charge in [0.15, 0.2) is 11.6 Å². The molecule has 2 N–H and O–H groups in total. The summed E-state index contributed by atoms with van der Waals surface area (Å²) in [5.41, 5.74) is 2.04. The minimum atomic E-state index is -0.429. The van der Waals surface area contributed by atoms with Gasteiger partial charge in [-0.05, 0) is 49.0 Å². The first kappa shape index (κ1) is 19.4. The Hall–Kier alpha value is -2.93. The second-order valence-corrected chi connectivity index (χ2v) is 5.95. The standard InChI is InChI=1S/C19H22FN3O3/c1-13(24)21-15-5-7-16(8-6-15)22-19(25)12-23(2)11-14-4-9-18(26-3)17(20)10-14/h4-10H,11-12H2,1-3H3,(H,21,24)(H,22,25). The van der Waals surface area contributed by atoms with Crippen LogP contribution in [0.2, 0.25) is 0 Å². The summed E-state index contributed by atoms with van der Waals surface area (Å²) < 4.78 is 18.6. The second-order valence-electron chi connectivity index (χ2n) is 5.95. The number of anilines is 2. The van der Waals surface area contributed by atoms with E-state index in [0.29, 0.717) is 17.9 Å². The van der Waals surface area contributed by atoms with E-state index < -0.39 is 5.82 Å². The zero-order chi connectivity index (χ0) is 19.1. The van der Waals surface area contributed by atoms with Crippen molar-refractivity contribution in [3.8, 4) is 5.75 Å². The van der Waals surface area contributed by atoms with Gasteiger partial charge in [-0.25, -0.2) is 4.39 Å². The Labute approximate surface area is 152 Å². The fourth-order valence-electron chi connectivity index (χ4n) is 2.46. The van der Waals surface area contributed by atoms with Gasteiger partial charge in [0.2, 0.25) is 11.8 Å². The Bertz CT molecular complexity index is 778. The lowest BCUT2D eigenvalue weighted by Gasteiger charge is -2.17. The Kier molecular flexibility index (Phi) is 6.68. The molecule has 0 saturated heterocycles. The molecule has 138 valence electrons. The highest BCUT2D eigenvalue weighted by Crippen LogP contribution is 2.18. The van der Waals surface area contributed by atoms with Crippen LogP contribution in [-0.2, 0) is 16.1 Å². The predicted octanol–water partition coefficient (Wildman–Crippen LogP) is 2.86.